The highest BCUT2D eigenvalue weighted by Crippen LogP contribution is 2.39. The topological polar surface area (TPSA) is 52.6 Å². The molecule has 2 aromatic rings. The van der Waals surface area contributed by atoms with Gasteiger partial charge >= 0.3 is 5.97 Å². The molecule has 1 aliphatic carbocycles. The Hall–Kier alpha value is -2.62. The first-order valence-electron chi connectivity index (χ1n) is 7.21. The second kappa shape index (κ2) is 5.64. The maximum absolute atomic E-state index is 12.8. The number of carbonyl (C=O) groups excluding carboxylic acids is 2. The van der Waals surface area contributed by atoms with E-state index in [2.05, 4.69) is 0 Å². The molecule has 0 aliphatic heterocycles. The molecule has 112 valence electrons. The number of rotatable bonds is 3. The summed E-state index contributed by atoms with van der Waals surface area (Å²) in [7, 11) is 0. The van der Waals surface area contributed by atoms with Crippen LogP contribution in [0.1, 0.15) is 40.9 Å². The number of hydrogen-bond donors (Lipinski definition) is 0. The van der Waals surface area contributed by atoms with E-state index < -0.39 is 5.97 Å². The summed E-state index contributed by atoms with van der Waals surface area (Å²) in [5.74, 6) is 0.0474. The van der Waals surface area contributed by atoms with Crippen LogP contribution >= 0.6 is 0 Å². The third-order valence-electron chi connectivity index (χ3n) is 3.62. The Balaban J connectivity index is 2.18. The Labute approximate surface area is 128 Å². The molecule has 0 aromatic heterocycles. The molecular formula is C18H16O4. The molecule has 3 rings (SSSR count). The maximum Gasteiger partial charge on any atom is 0.308 e. The van der Waals surface area contributed by atoms with E-state index in [9.17, 15) is 9.59 Å². The van der Waals surface area contributed by atoms with E-state index in [4.69, 9.17) is 9.47 Å². The number of hydrogen-bond acceptors (Lipinski definition) is 4. The van der Waals surface area contributed by atoms with Crippen LogP contribution in [0.4, 0.5) is 0 Å². The van der Waals surface area contributed by atoms with Crippen molar-refractivity contribution in [3.63, 3.8) is 0 Å². The highest BCUT2D eigenvalue weighted by molar-refractivity contribution is 6.14. The van der Waals surface area contributed by atoms with Gasteiger partial charge in [0.2, 0.25) is 0 Å². The third kappa shape index (κ3) is 2.37. The largest absolute Gasteiger partial charge is 0.490 e. The number of ketones is 1. The summed E-state index contributed by atoms with van der Waals surface area (Å²) in [6.45, 7) is 3.59. The van der Waals surface area contributed by atoms with Crippen LogP contribution in [0, 0.1) is 0 Å². The highest BCUT2D eigenvalue weighted by atomic mass is 16.6. The molecule has 0 amide bonds. The number of benzene rings is 2. The fourth-order valence-corrected chi connectivity index (χ4v) is 2.75. The van der Waals surface area contributed by atoms with Gasteiger partial charge in [-0.1, -0.05) is 30.3 Å². The number of fused-ring (bicyclic) bond motifs is 2. The van der Waals surface area contributed by atoms with E-state index in [1.807, 2.05) is 31.2 Å². The summed E-state index contributed by atoms with van der Waals surface area (Å²) < 4.78 is 10.8. The Morgan fingerprint density at radius 3 is 2.64 bits per heavy atom. The molecular weight excluding hydrogens is 280 g/mol. The van der Waals surface area contributed by atoms with Gasteiger partial charge in [0.1, 0.15) is 0 Å². The Morgan fingerprint density at radius 1 is 1.14 bits per heavy atom. The first kappa shape index (κ1) is 14.3. The van der Waals surface area contributed by atoms with E-state index in [0.29, 0.717) is 29.9 Å². The van der Waals surface area contributed by atoms with Gasteiger partial charge in [-0.15, -0.1) is 0 Å². The summed E-state index contributed by atoms with van der Waals surface area (Å²) in [5.41, 5.74) is 2.92. The molecule has 0 radical (unpaired) electrons. The monoisotopic (exact) mass is 296 g/mol. The van der Waals surface area contributed by atoms with Gasteiger partial charge in [0, 0.05) is 12.5 Å². The molecule has 0 saturated heterocycles. The van der Waals surface area contributed by atoms with Gasteiger partial charge < -0.3 is 9.47 Å². The molecule has 0 atom stereocenters. The lowest BCUT2D eigenvalue weighted by molar-refractivity contribution is -0.132. The summed E-state index contributed by atoms with van der Waals surface area (Å²) in [5, 5.41) is 0. The van der Waals surface area contributed by atoms with E-state index >= 15 is 0 Å². The third-order valence-corrected chi connectivity index (χ3v) is 3.62. The smallest absolute Gasteiger partial charge is 0.308 e. The molecule has 4 heteroatoms. The highest BCUT2D eigenvalue weighted by Gasteiger charge is 2.29. The van der Waals surface area contributed by atoms with Gasteiger partial charge in [0.25, 0.3) is 0 Å². The van der Waals surface area contributed by atoms with Crippen molar-refractivity contribution in [1.29, 1.82) is 0 Å². The van der Waals surface area contributed by atoms with Crippen LogP contribution < -0.4 is 9.47 Å². The molecule has 0 spiro atoms. The Morgan fingerprint density at radius 2 is 1.91 bits per heavy atom. The molecule has 0 saturated carbocycles. The molecule has 2 aromatic carbocycles. The quantitative estimate of drug-likeness (QED) is 0.550. The zero-order valence-corrected chi connectivity index (χ0v) is 12.5. The summed E-state index contributed by atoms with van der Waals surface area (Å²) >= 11 is 0. The van der Waals surface area contributed by atoms with Crippen molar-refractivity contribution in [3.05, 3.63) is 58.7 Å². The van der Waals surface area contributed by atoms with E-state index in [-0.39, 0.29) is 11.5 Å². The fourth-order valence-electron chi connectivity index (χ4n) is 2.75. The Bertz CT molecular complexity index is 762. The van der Waals surface area contributed by atoms with Crippen LogP contribution in [0.5, 0.6) is 11.5 Å². The molecule has 0 heterocycles. The second-order valence-electron chi connectivity index (χ2n) is 5.12. The van der Waals surface area contributed by atoms with Gasteiger partial charge in [-0.25, -0.2) is 0 Å². The molecule has 4 nitrogen and oxygen atoms in total. The summed E-state index contributed by atoms with van der Waals surface area (Å²) in [4.78, 5) is 24.2. The van der Waals surface area contributed by atoms with Crippen molar-refractivity contribution in [2.24, 2.45) is 0 Å². The normalized spacial score (nSPS) is 12.4. The van der Waals surface area contributed by atoms with Crippen molar-refractivity contribution in [2.75, 3.05) is 6.61 Å². The molecule has 0 N–H and O–H groups in total. The van der Waals surface area contributed by atoms with Crippen LogP contribution in [0.3, 0.4) is 0 Å². The predicted octanol–water partition coefficient (Wildman–Crippen LogP) is 3.15. The molecule has 0 unspecified atom stereocenters. The van der Waals surface area contributed by atoms with Crippen molar-refractivity contribution >= 4 is 11.8 Å². The Kier molecular flexibility index (Phi) is 3.67. The van der Waals surface area contributed by atoms with E-state index in [1.165, 1.54) is 6.92 Å². The van der Waals surface area contributed by atoms with Gasteiger partial charge in [-0.3, -0.25) is 9.59 Å². The first-order valence-corrected chi connectivity index (χ1v) is 7.21. The zero-order chi connectivity index (χ0) is 15.7. The van der Waals surface area contributed by atoms with Gasteiger partial charge in [0.05, 0.1) is 12.2 Å². The van der Waals surface area contributed by atoms with Crippen molar-refractivity contribution in [1.82, 2.24) is 0 Å². The zero-order valence-electron chi connectivity index (χ0n) is 12.5. The van der Waals surface area contributed by atoms with Gasteiger partial charge in [0.15, 0.2) is 17.3 Å². The fraction of sp³-hybridized carbons (Fsp3) is 0.222. The molecule has 0 bridgehead atoms. The number of esters is 1. The minimum absolute atomic E-state index is 0.130. The number of carbonyl (C=O) groups is 2. The minimum atomic E-state index is -0.471. The minimum Gasteiger partial charge on any atom is -0.490 e. The lowest BCUT2D eigenvalue weighted by Crippen LogP contribution is -2.18. The summed E-state index contributed by atoms with van der Waals surface area (Å²) in [6, 6.07) is 11.1. The molecule has 0 fully saturated rings. The predicted molar refractivity (Wildman–Crippen MR) is 81.6 cm³/mol. The standard InChI is InChI=1S/C18H16O4/c1-3-21-15-9-8-13-10-12-6-4-5-7-14(12)17(20)16(13)18(15)22-11(2)19/h4-9H,3,10H2,1-2H3. The average molecular weight is 296 g/mol. The van der Waals surface area contributed by atoms with Gasteiger partial charge in [-0.2, -0.15) is 0 Å². The summed E-state index contributed by atoms with van der Waals surface area (Å²) in [6.07, 6.45) is 0.637. The van der Waals surface area contributed by atoms with E-state index in [1.54, 1.807) is 12.1 Å². The van der Waals surface area contributed by atoms with Crippen molar-refractivity contribution in [3.8, 4) is 11.5 Å². The van der Waals surface area contributed by atoms with Crippen LogP contribution in [-0.2, 0) is 11.2 Å². The van der Waals surface area contributed by atoms with Crippen LogP contribution in [0.15, 0.2) is 36.4 Å². The SMILES string of the molecule is CCOc1ccc2c(c1OC(C)=O)C(=O)c1ccccc1C2. The average Bonchev–Trinajstić information content (AvgIpc) is 2.49. The second-order valence-corrected chi connectivity index (χ2v) is 5.12. The van der Waals surface area contributed by atoms with Crippen molar-refractivity contribution in [2.45, 2.75) is 20.3 Å². The van der Waals surface area contributed by atoms with E-state index in [0.717, 1.165) is 11.1 Å². The molecule has 1 aliphatic rings. The van der Waals surface area contributed by atoms with Crippen LogP contribution in [-0.4, -0.2) is 18.4 Å². The van der Waals surface area contributed by atoms with Crippen molar-refractivity contribution < 1.29 is 19.1 Å². The van der Waals surface area contributed by atoms with Gasteiger partial charge in [-0.05, 0) is 30.5 Å². The lowest BCUT2D eigenvalue weighted by Gasteiger charge is -2.22. The van der Waals surface area contributed by atoms with Crippen LogP contribution in [0.25, 0.3) is 0 Å². The first-order chi connectivity index (χ1) is 10.6. The molecule has 22 heavy (non-hydrogen) atoms. The van der Waals surface area contributed by atoms with Crippen LogP contribution in [0.2, 0.25) is 0 Å². The maximum atomic E-state index is 12.8. The number of ether oxygens (including phenoxy) is 2. The lowest BCUT2D eigenvalue weighted by atomic mass is 9.84.